The average molecular weight is 279 g/mol. The van der Waals surface area contributed by atoms with Crippen LogP contribution in [0.2, 0.25) is 0 Å². The summed E-state index contributed by atoms with van der Waals surface area (Å²) in [5, 5.41) is 3.12. The molecule has 0 aliphatic rings. The number of benzene rings is 2. The van der Waals surface area contributed by atoms with Crippen LogP contribution in [0.4, 0.5) is 13.2 Å². The Kier molecular flexibility index (Phi) is 4.45. The molecular formula is C16H16F3N. The van der Waals surface area contributed by atoms with Crippen LogP contribution in [0.25, 0.3) is 11.1 Å². The molecule has 0 bridgehead atoms. The lowest BCUT2D eigenvalue weighted by Crippen LogP contribution is -2.11. The summed E-state index contributed by atoms with van der Waals surface area (Å²) in [7, 11) is 0. The molecule has 20 heavy (non-hydrogen) atoms. The SMILES string of the molecule is CCNCc1ccc(F)c(-c2cc(C)c(F)cc2F)c1. The van der Waals surface area contributed by atoms with Gasteiger partial charge >= 0.3 is 0 Å². The van der Waals surface area contributed by atoms with Crippen molar-refractivity contribution in [2.45, 2.75) is 20.4 Å². The highest BCUT2D eigenvalue weighted by molar-refractivity contribution is 5.66. The first-order valence-corrected chi connectivity index (χ1v) is 6.48. The fraction of sp³-hybridized carbons (Fsp3) is 0.250. The summed E-state index contributed by atoms with van der Waals surface area (Å²) in [5.74, 6) is -1.90. The second kappa shape index (κ2) is 6.09. The fourth-order valence-corrected chi connectivity index (χ4v) is 2.02. The standard InChI is InChI=1S/C16H16F3N/c1-3-20-9-11-4-5-14(17)13(7-11)12-6-10(2)15(18)8-16(12)19/h4-8,20H,3,9H2,1-2H3. The van der Waals surface area contributed by atoms with Gasteiger partial charge in [0.05, 0.1) is 0 Å². The molecule has 1 N–H and O–H groups in total. The fourth-order valence-electron chi connectivity index (χ4n) is 2.02. The van der Waals surface area contributed by atoms with Gasteiger partial charge in [0, 0.05) is 23.7 Å². The maximum atomic E-state index is 13.9. The molecule has 0 unspecified atom stereocenters. The minimum absolute atomic E-state index is 0.0831. The van der Waals surface area contributed by atoms with Gasteiger partial charge in [-0.25, -0.2) is 13.2 Å². The largest absolute Gasteiger partial charge is 0.313 e. The van der Waals surface area contributed by atoms with Gasteiger partial charge < -0.3 is 5.32 Å². The first kappa shape index (κ1) is 14.6. The highest BCUT2D eigenvalue weighted by Gasteiger charge is 2.13. The lowest BCUT2D eigenvalue weighted by molar-refractivity contribution is 0.577. The minimum atomic E-state index is -0.757. The van der Waals surface area contributed by atoms with Crippen LogP contribution in [0.15, 0.2) is 30.3 Å². The Hall–Kier alpha value is -1.81. The third kappa shape index (κ3) is 3.02. The zero-order valence-corrected chi connectivity index (χ0v) is 11.4. The first-order chi connectivity index (χ1) is 9.52. The summed E-state index contributed by atoms with van der Waals surface area (Å²) in [6, 6.07) is 6.67. The van der Waals surface area contributed by atoms with Gasteiger partial charge in [0.25, 0.3) is 0 Å². The third-order valence-electron chi connectivity index (χ3n) is 3.15. The molecule has 0 heterocycles. The van der Waals surface area contributed by atoms with E-state index in [2.05, 4.69) is 5.32 Å². The molecular weight excluding hydrogens is 263 g/mol. The van der Waals surface area contributed by atoms with Crippen molar-refractivity contribution in [2.24, 2.45) is 0 Å². The van der Waals surface area contributed by atoms with E-state index in [9.17, 15) is 13.2 Å². The van der Waals surface area contributed by atoms with E-state index in [1.54, 1.807) is 12.1 Å². The van der Waals surface area contributed by atoms with Crippen molar-refractivity contribution in [3.63, 3.8) is 0 Å². The van der Waals surface area contributed by atoms with Crippen molar-refractivity contribution in [1.82, 2.24) is 5.32 Å². The first-order valence-electron chi connectivity index (χ1n) is 6.48. The Morgan fingerprint density at radius 1 is 0.900 bits per heavy atom. The van der Waals surface area contributed by atoms with E-state index in [-0.39, 0.29) is 16.7 Å². The summed E-state index contributed by atoms with van der Waals surface area (Å²) < 4.78 is 41.0. The van der Waals surface area contributed by atoms with E-state index >= 15 is 0 Å². The predicted octanol–water partition coefficient (Wildman–Crippen LogP) is 4.19. The molecule has 0 aliphatic heterocycles. The maximum absolute atomic E-state index is 13.9. The third-order valence-corrected chi connectivity index (χ3v) is 3.15. The number of rotatable bonds is 4. The van der Waals surface area contributed by atoms with Gasteiger partial charge in [0.15, 0.2) is 0 Å². The van der Waals surface area contributed by atoms with E-state index in [4.69, 9.17) is 0 Å². The van der Waals surface area contributed by atoms with Gasteiger partial charge in [-0.1, -0.05) is 13.0 Å². The average Bonchev–Trinajstić information content (AvgIpc) is 2.42. The van der Waals surface area contributed by atoms with E-state index in [0.717, 1.165) is 18.2 Å². The molecule has 0 atom stereocenters. The van der Waals surface area contributed by atoms with Crippen LogP contribution in [0.5, 0.6) is 0 Å². The second-order valence-electron chi connectivity index (χ2n) is 4.68. The van der Waals surface area contributed by atoms with Crippen molar-refractivity contribution in [2.75, 3.05) is 6.54 Å². The molecule has 1 nitrogen and oxygen atoms in total. The quantitative estimate of drug-likeness (QED) is 0.885. The van der Waals surface area contributed by atoms with Crippen molar-refractivity contribution in [3.05, 3.63) is 58.9 Å². The van der Waals surface area contributed by atoms with Crippen LogP contribution in [0, 0.1) is 24.4 Å². The number of hydrogen-bond acceptors (Lipinski definition) is 1. The Bertz CT molecular complexity index is 623. The molecule has 0 aromatic heterocycles. The lowest BCUT2D eigenvalue weighted by Gasteiger charge is -2.10. The van der Waals surface area contributed by atoms with Gasteiger partial charge in [0.2, 0.25) is 0 Å². The number of halogens is 3. The van der Waals surface area contributed by atoms with Crippen LogP contribution in [-0.2, 0) is 6.54 Å². The molecule has 2 rings (SSSR count). The van der Waals surface area contributed by atoms with Crippen LogP contribution in [-0.4, -0.2) is 6.54 Å². The van der Waals surface area contributed by atoms with Crippen molar-refractivity contribution >= 4 is 0 Å². The zero-order valence-electron chi connectivity index (χ0n) is 11.4. The van der Waals surface area contributed by atoms with Gasteiger partial charge in [-0.2, -0.15) is 0 Å². The molecule has 0 spiro atoms. The van der Waals surface area contributed by atoms with Gasteiger partial charge in [-0.15, -0.1) is 0 Å². The van der Waals surface area contributed by atoms with Crippen molar-refractivity contribution in [1.29, 1.82) is 0 Å². The summed E-state index contributed by atoms with van der Waals surface area (Å²) in [5.41, 5.74) is 1.38. The Morgan fingerprint density at radius 2 is 1.60 bits per heavy atom. The van der Waals surface area contributed by atoms with E-state index in [1.165, 1.54) is 19.1 Å². The number of nitrogens with one attached hydrogen (secondary N) is 1. The van der Waals surface area contributed by atoms with Crippen molar-refractivity contribution < 1.29 is 13.2 Å². The molecule has 0 radical (unpaired) electrons. The van der Waals surface area contributed by atoms with Crippen LogP contribution < -0.4 is 5.32 Å². The molecule has 2 aromatic rings. The normalized spacial score (nSPS) is 10.8. The molecule has 0 amide bonds. The maximum Gasteiger partial charge on any atom is 0.134 e. The Morgan fingerprint density at radius 3 is 2.30 bits per heavy atom. The lowest BCUT2D eigenvalue weighted by atomic mass is 10.00. The number of aryl methyl sites for hydroxylation is 1. The van der Waals surface area contributed by atoms with Crippen LogP contribution in [0.1, 0.15) is 18.1 Å². The van der Waals surface area contributed by atoms with E-state index in [1.807, 2.05) is 6.92 Å². The highest BCUT2D eigenvalue weighted by Crippen LogP contribution is 2.28. The smallest absolute Gasteiger partial charge is 0.134 e. The van der Waals surface area contributed by atoms with Crippen LogP contribution in [0.3, 0.4) is 0 Å². The van der Waals surface area contributed by atoms with Crippen molar-refractivity contribution in [3.8, 4) is 11.1 Å². The monoisotopic (exact) mass is 279 g/mol. The predicted molar refractivity (Wildman–Crippen MR) is 73.9 cm³/mol. The Balaban J connectivity index is 2.48. The second-order valence-corrected chi connectivity index (χ2v) is 4.68. The molecule has 0 saturated heterocycles. The molecule has 4 heteroatoms. The van der Waals surface area contributed by atoms with Gasteiger partial charge in [-0.3, -0.25) is 0 Å². The summed E-state index contributed by atoms with van der Waals surface area (Å²) in [4.78, 5) is 0. The molecule has 0 fully saturated rings. The van der Waals surface area contributed by atoms with Crippen LogP contribution >= 0.6 is 0 Å². The van der Waals surface area contributed by atoms with Gasteiger partial charge in [0.1, 0.15) is 17.5 Å². The molecule has 0 aliphatic carbocycles. The molecule has 2 aromatic carbocycles. The van der Waals surface area contributed by atoms with E-state index in [0.29, 0.717) is 6.54 Å². The zero-order chi connectivity index (χ0) is 14.7. The van der Waals surface area contributed by atoms with E-state index < -0.39 is 17.5 Å². The topological polar surface area (TPSA) is 12.0 Å². The summed E-state index contributed by atoms with van der Waals surface area (Å²) in [6.45, 7) is 4.86. The highest BCUT2D eigenvalue weighted by atomic mass is 19.1. The number of hydrogen-bond donors (Lipinski definition) is 1. The molecule has 0 saturated carbocycles. The Labute approximate surface area is 116 Å². The minimum Gasteiger partial charge on any atom is -0.313 e. The van der Waals surface area contributed by atoms with Gasteiger partial charge in [-0.05, 0) is 42.8 Å². The summed E-state index contributed by atoms with van der Waals surface area (Å²) >= 11 is 0. The molecule has 106 valence electrons. The summed E-state index contributed by atoms with van der Waals surface area (Å²) in [6.07, 6.45) is 0.